The molecule has 1 fully saturated rings. The molecular formula is C14H21N3O2. The van der Waals surface area contributed by atoms with Crippen LogP contribution in [-0.2, 0) is 9.53 Å². The molecule has 104 valence electrons. The predicted octanol–water partition coefficient (Wildman–Crippen LogP) is 0.952. The van der Waals surface area contributed by atoms with E-state index in [0.717, 1.165) is 25.2 Å². The number of hydrogen-bond donors (Lipinski definition) is 1. The molecule has 1 aromatic carbocycles. The van der Waals surface area contributed by atoms with Crippen molar-refractivity contribution in [3.8, 4) is 0 Å². The summed E-state index contributed by atoms with van der Waals surface area (Å²) in [5.41, 5.74) is 7.20. The number of hydrogen-bond acceptors (Lipinski definition) is 4. The average molecular weight is 263 g/mol. The van der Waals surface area contributed by atoms with Crippen LogP contribution >= 0.6 is 0 Å². The lowest BCUT2D eigenvalue weighted by Gasteiger charge is -2.21. The van der Waals surface area contributed by atoms with Gasteiger partial charge in [-0.2, -0.15) is 0 Å². The summed E-state index contributed by atoms with van der Waals surface area (Å²) in [5, 5.41) is 0. The summed E-state index contributed by atoms with van der Waals surface area (Å²) in [4.78, 5) is 16.0. The van der Waals surface area contributed by atoms with Crippen LogP contribution in [0.1, 0.15) is 6.42 Å². The van der Waals surface area contributed by atoms with Gasteiger partial charge in [-0.25, -0.2) is 0 Å². The van der Waals surface area contributed by atoms with Gasteiger partial charge in [0.05, 0.1) is 12.6 Å². The Morgan fingerprint density at radius 3 is 2.74 bits per heavy atom. The number of rotatable bonds is 4. The second kappa shape index (κ2) is 6.04. The zero-order chi connectivity index (χ0) is 13.8. The molecule has 1 saturated heterocycles. The van der Waals surface area contributed by atoms with E-state index < -0.39 is 0 Å². The summed E-state index contributed by atoms with van der Waals surface area (Å²) >= 11 is 0. The SMILES string of the molecule is COC1CCN(CC(=O)N(C)c2ccc(N)cc2)C1. The van der Waals surface area contributed by atoms with Gasteiger partial charge in [-0.15, -0.1) is 0 Å². The Morgan fingerprint density at radius 1 is 1.47 bits per heavy atom. The van der Waals surface area contributed by atoms with Gasteiger partial charge in [-0.3, -0.25) is 9.69 Å². The molecule has 2 N–H and O–H groups in total. The number of likely N-dealkylation sites (tertiary alicyclic amines) is 1. The quantitative estimate of drug-likeness (QED) is 0.822. The number of ether oxygens (including phenoxy) is 1. The first-order chi connectivity index (χ1) is 9.10. The third-order valence-corrected chi connectivity index (χ3v) is 3.58. The van der Waals surface area contributed by atoms with Gasteiger partial charge in [0.2, 0.25) is 5.91 Å². The van der Waals surface area contributed by atoms with E-state index in [-0.39, 0.29) is 12.0 Å². The van der Waals surface area contributed by atoms with E-state index in [1.807, 2.05) is 12.1 Å². The van der Waals surface area contributed by atoms with Crippen molar-refractivity contribution in [2.45, 2.75) is 12.5 Å². The van der Waals surface area contributed by atoms with Crippen LogP contribution in [0.15, 0.2) is 24.3 Å². The van der Waals surface area contributed by atoms with E-state index >= 15 is 0 Å². The number of nitrogen functional groups attached to an aromatic ring is 1. The largest absolute Gasteiger partial charge is 0.399 e. The molecule has 1 aliphatic rings. The zero-order valence-corrected chi connectivity index (χ0v) is 11.5. The number of anilines is 2. The van der Waals surface area contributed by atoms with Crippen LogP contribution in [0.5, 0.6) is 0 Å². The van der Waals surface area contributed by atoms with E-state index in [1.165, 1.54) is 0 Å². The number of methoxy groups -OCH3 is 1. The van der Waals surface area contributed by atoms with Crippen molar-refractivity contribution in [1.29, 1.82) is 0 Å². The molecule has 1 aliphatic heterocycles. The van der Waals surface area contributed by atoms with Crippen LogP contribution in [-0.4, -0.2) is 50.7 Å². The van der Waals surface area contributed by atoms with E-state index in [2.05, 4.69) is 4.90 Å². The zero-order valence-electron chi connectivity index (χ0n) is 11.5. The fraction of sp³-hybridized carbons (Fsp3) is 0.500. The molecule has 0 spiro atoms. The number of carbonyl (C=O) groups is 1. The first-order valence-corrected chi connectivity index (χ1v) is 6.47. The normalized spacial score (nSPS) is 19.6. The molecule has 1 unspecified atom stereocenters. The van der Waals surface area contributed by atoms with Gasteiger partial charge >= 0.3 is 0 Å². The molecule has 1 atom stereocenters. The van der Waals surface area contributed by atoms with E-state index in [1.54, 1.807) is 31.2 Å². The van der Waals surface area contributed by atoms with E-state index in [4.69, 9.17) is 10.5 Å². The van der Waals surface area contributed by atoms with Gasteiger partial charge in [0, 0.05) is 38.6 Å². The third kappa shape index (κ3) is 3.45. The van der Waals surface area contributed by atoms with Gasteiger partial charge in [-0.05, 0) is 30.7 Å². The fourth-order valence-electron chi connectivity index (χ4n) is 2.27. The van der Waals surface area contributed by atoms with Crippen LogP contribution in [0.3, 0.4) is 0 Å². The monoisotopic (exact) mass is 263 g/mol. The second-order valence-electron chi connectivity index (χ2n) is 4.93. The van der Waals surface area contributed by atoms with Crippen molar-refractivity contribution in [3.05, 3.63) is 24.3 Å². The summed E-state index contributed by atoms with van der Waals surface area (Å²) in [5.74, 6) is 0.0847. The first kappa shape index (κ1) is 13.8. The minimum absolute atomic E-state index is 0.0847. The number of amides is 1. The molecule has 0 bridgehead atoms. The summed E-state index contributed by atoms with van der Waals surface area (Å²) in [6, 6.07) is 7.32. The summed E-state index contributed by atoms with van der Waals surface area (Å²) in [6.45, 7) is 2.18. The molecule has 0 saturated carbocycles. The second-order valence-corrected chi connectivity index (χ2v) is 4.93. The number of benzene rings is 1. The van der Waals surface area contributed by atoms with Gasteiger partial charge < -0.3 is 15.4 Å². The highest BCUT2D eigenvalue weighted by molar-refractivity contribution is 5.94. The molecule has 2 rings (SSSR count). The van der Waals surface area contributed by atoms with E-state index in [0.29, 0.717) is 12.2 Å². The van der Waals surface area contributed by atoms with Crippen LogP contribution in [0.2, 0.25) is 0 Å². The van der Waals surface area contributed by atoms with Gasteiger partial charge in [0.25, 0.3) is 0 Å². The highest BCUT2D eigenvalue weighted by Gasteiger charge is 2.24. The molecular weight excluding hydrogens is 242 g/mol. The Kier molecular flexibility index (Phi) is 4.39. The molecule has 0 radical (unpaired) electrons. The van der Waals surface area contributed by atoms with Crippen LogP contribution in [0, 0.1) is 0 Å². The smallest absolute Gasteiger partial charge is 0.240 e. The third-order valence-electron chi connectivity index (χ3n) is 3.58. The highest BCUT2D eigenvalue weighted by Crippen LogP contribution is 2.16. The van der Waals surface area contributed by atoms with Gasteiger partial charge in [0.1, 0.15) is 0 Å². The van der Waals surface area contributed by atoms with Crippen molar-refractivity contribution in [2.24, 2.45) is 0 Å². The minimum atomic E-state index is 0.0847. The molecule has 5 nitrogen and oxygen atoms in total. The number of carbonyl (C=O) groups excluding carboxylic acids is 1. The molecule has 0 aliphatic carbocycles. The average Bonchev–Trinajstić information content (AvgIpc) is 2.86. The molecule has 0 aromatic heterocycles. The van der Waals surface area contributed by atoms with Crippen LogP contribution < -0.4 is 10.6 Å². The molecule has 5 heteroatoms. The van der Waals surface area contributed by atoms with Crippen molar-refractivity contribution in [3.63, 3.8) is 0 Å². The lowest BCUT2D eigenvalue weighted by Crippen LogP contribution is -2.37. The van der Waals surface area contributed by atoms with Crippen molar-refractivity contribution >= 4 is 17.3 Å². The van der Waals surface area contributed by atoms with Crippen LogP contribution in [0.25, 0.3) is 0 Å². The summed E-state index contributed by atoms with van der Waals surface area (Å²) in [7, 11) is 3.51. The van der Waals surface area contributed by atoms with Crippen molar-refractivity contribution in [2.75, 3.05) is 44.4 Å². The molecule has 19 heavy (non-hydrogen) atoms. The summed E-state index contributed by atoms with van der Waals surface area (Å²) < 4.78 is 5.30. The predicted molar refractivity (Wildman–Crippen MR) is 76.1 cm³/mol. The Labute approximate surface area is 113 Å². The topological polar surface area (TPSA) is 58.8 Å². The highest BCUT2D eigenvalue weighted by atomic mass is 16.5. The maximum Gasteiger partial charge on any atom is 0.240 e. The maximum absolute atomic E-state index is 12.2. The molecule has 1 aromatic rings. The number of nitrogens with zero attached hydrogens (tertiary/aromatic N) is 2. The Morgan fingerprint density at radius 2 is 2.16 bits per heavy atom. The minimum Gasteiger partial charge on any atom is -0.399 e. The lowest BCUT2D eigenvalue weighted by molar-refractivity contribution is -0.119. The number of nitrogens with two attached hydrogens (primary N) is 1. The Bertz CT molecular complexity index is 433. The number of likely N-dealkylation sites (N-methyl/N-ethyl adjacent to an activating group) is 1. The first-order valence-electron chi connectivity index (χ1n) is 6.47. The lowest BCUT2D eigenvalue weighted by atomic mass is 10.2. The Hall–Kier alpha value is -1.59. The standard InChI is InChI=1S/C14H21N3O2/c1-16(12-5-3-11(15)4-6-12)14(18)10-17-8-7-13(9-17)19-2/h3-6,13H,7-10,15H2,1-2H3. The fourth-order valence-corrected chi connectivity index (χ4v) is 2.27. The molecule has 1 amide bonds. The maximum atomic E-state index is 12.2. The van der Waals surface area contributed by atoms with Gasteiger partial charge in [0.15, 0.2) is 0 Å². The van der Waals surface area contributed by atoms with Crippen molar-refractivity contribution < 1.29 is 9.53 Å². The van der Waals surface area contributed by atoms with Crippen LogP contribution in [0.4, 0.5) is 11.4 Å². The van der Waals surface area contributed by atoms with E-state index in [9.17, 15) is 4.79 Å². The van der Waals surface area contributed by atoms with Crippen molar-refractivity contribution in [1.82, 2.24) is 4.90 Å². The van der Waals surface area contributed by atoms with Gasteiger partial charge in [-0.1, -0.05) is 0 Å². The molecule has 1 heterocycles. The summed E-state index contributed by atoms with van der Waals surface area (Å²) in [6.07, 6.45) is 1.25. The Balaban J connectivity index is 1.91.